The van der Waals surface area contributed by atoms with Crippen LogP contribution in [0.2, 0.25) is 0 Å². The van der Waals surface area contributed by atoms with E-state index in [0.717, 1.165) is 16.7 Å². The zero-order chi connectivity index (χ0) is 24.5. The largest absolute Gasteiger partial charge is 0.387 e. The highest BCUT2D eigenvalue weighted by atomic mass is 16.6. The Balaban J connectivity index is 1.59. The van der Waals surface area contributed by atoms with E-state index in [9.17, 15) is 15.0 Å². The van der Waals surface area contributed by atoms with Gasteiger partial charge in [-0.3, -0.25) is 14.3 Å². The van der Waals surface area contributed by atoms with Gasteiger partial charge in [0.15, 0.2) is 35.1 Å². The molecule has 1 aliphatic heterocycles. The van der Waals surface area contributed by atoms with Crippen LogP contribution in [-0.2, 0) is 16.1 Å². The normalized spacial score (nSPS) is 21.8. The van der Waals surface area contributed by atoms with E-state index >= 15 is 0 Å². The number of imidazole rings is 1. The Morgan fingerprint density at radius 1 is 1.14 bits per heavy atom. The number of amides is 1. The highest BCUT2D eigenvalue weighted by molar-refractivity contribution is 5.85. The third-order valence-corrected chi connectivity index (χ3v) is 6.02. The second-order valence-electron chi connectivity index (χ2n) is 8.29. The van der Waals surface area contributed by atoms with E-state index < -0.39 is 30.4 Å². The lowest BCUT2D eigenvalue weighted by atomic mass is 10.1. The number of ether oxygens (including phenoxy) is 1. The van der Waals surface area contributed by atoms with Gasteiger partial charge in [0.1, 0.15) is 12.2 Å². The highest BCUT2D eigenvalue weighted by Crippen LogP contribution is 2.34. The maximum Gasteiger partial charge on any atom is 0.251 e. The van der Waals surface area contributed by atoms with Gasteiger partial charge in [-0.15, -0.1) is 0 Å². The number of carbonyl (C=O) groups excluding carboxylic acids is 1. The first-order chi connectivity index (χ1) is 17.0. The summed E-state index contributed by atoms with van der Waals surface area (Å²) in [6.45, 7) is 2.44. The number of hydrogen-bond acceptors (Lipinski definition) is 9. The molecule has 0 aliphatic carbocycles. The highest BCUT2D eigenvalue weighted by Gasteiger charge is 2.47. The number of fused-ring (bicyclic) bond motifs is 1. The van der Waals surface area contributed by atoms with Gasteiger partial charge in [-0.1, -0.05) is 30.3 Å². The maximum atomic E-state index is 12.1. The van der Waals surface area contributed by atoms with Crippen LogP contribution in [0.1, 0.15) is 17.4 Å². The zero-order valence-corrected chi connectivity index (χ0v) is 19.2. The number of anilines is 1. The van der Waals surface area contributed by atoms with Gasteiger partial charge in [0.25, 0.3) is 5.91 Å². The molecule has 11 nitrogen and oxygen atoms in total. The number of aliphatic hydroxyl groups is 2. The fourth-order valence-corrected chi connectivity index (χ4v) is 4.07. The lowest BCUT2D eigenvalue weighted by molar-refractivity contribution is -0.137. The molecule has 3 unspecified atom stereocenters. The summed E-state index contributed by atoms with van der Waals surface area (Å²) in [6, 6.07) is 11.7. The third kappa shape index (κ3) is 4.20. The summed E-state index contributed by atoms with van der Waals surface area (Å²) in [6.07, 6.45) is -0.236. The SMILES string of the molecule is CNC(=O)[C@@H]1OC(n2cnc3c(NCc4ccccc4)nc(-c4cnccc4C)nc32)C(O)C1O. The minimum absolute atomic E-state index is 0.377. The summed E-state index contributed by atoms with van der Waals surface area (Å²) in [7, 11) is 1.44. The molecule has 4 heterocycles. The van der Waals surface area contributed by atoms with Crippen LogP contribution < -0.4 is 10.6 Å². The second kappa shape index (κ2) is 9.37. The van der Waals surface area contributed by atoms with Crippen molar-refractivity contribution in [2.24, 2.45) is 0 Å². The van der Waals surface area contributed by atoms with E-state index in [-0.39, 0.29) is 0 Å². The van der Waals surface area contributed by atoms with Crippen molar-refractivity contribution >= 4 is 22.9 Å². The number of carbonyl (C=O) groups is 1. The predicted molar refractivity (Wildman–Crippen MR) is 127 cm³/mol. The van der Waals surface area contributed by atoms with Gasteiger partial charge >= 0.3 is 0 Å². The number of likely N-dealkylation sites (N-methyl/N-ethyl adjacent to an activating group) is 1. The fourth-order valence-electron chi connectivity index (χ4n) is 4.07. The van der Waals surface area contributed by atoms with Crippen molar-refractivity contribution in [3.8, 4) is 11.4 Å². The minimum atomic E-state index is -1.41. The number of pyridine rings is 1. The molecule has 4 N–H and O–H groups in total. The van der Waals surface area contributed by atoms with Crippen LogP contribution in [-0.4, -0.2) is 66.0 Å². The van der Waals surface area contributed by atoms with Gasteiger partial charge in [0, 0.05) is 31.5 Å². The molecule has 1 aromatic carbocycles. The smallest absolute Gasteiger partial charge is 0.251 e. The van der Waals surface area contributed by atoms with Crippen LogP contribution in [0.25, 0.3) is 22.6 Å². The quantitative estimate of drug-likeness (QED) is 0.323. The van der Waals surface area contributed by atoms with Crippen molar-refractivity contribution in [2.45, 2.75) is 38.0 Å². The molecule has 5 rings (SSSR count). The summed E-state index contributed by atoms with van der Waals surface area (Å²) in [5.74, 6) is 0.373. The van der Waals surface area contributed by atoms with Gasteiger partial charge in [0.05, 0.1) is 6.33 Å². The Morgan fingerprint density at radius 3 is 2.69 bits per heavy atom. The molecule has 1 aliphatic rings. The fraction of sp³-hybridized carbons (Fsp3) is 0.292. The van der Waals surface area contributed by atoms with E-state index in [1.54, 1.807) is 12.4 Å². The van der Waals surface area contributed by atoms with E-state index in [0.29, 0.717) is 29.4 Å². The lowest BCUT2D eigenvalue weighted by Gasteiger charge is -2.17. The molecular formula is C24H25N7O4. The predicted octanol–water partition coefficient (Wildman–Crippen LogP) is 1.17. The Labute approximate surface area is 200 Å². The number of nitrogens with one attached hydrogen (secondary N) is 2. The number of hydrogen-bond donors (Lipinski definition) is 4. The molecule has 11 heteroatoms. The van der Waals surface area contributed by atoms with E-state index in [1.807, 2.05) is 43.3 Å². The Kier molecular flexibility index (Phi) is 6.12. The van der Waals surface area contributed by atoms with Crippen LogP contribution in [0.5, 0.6) is 0 Å². The van der Waals surface area contributed by atoms with Gasteiger partial charge in [0.2, 0.25) is 0 Å². The molecule has 0 radical (unpaired) electrons. The summed E-state index contributed by atoms with van der Waals surface area (Å²) in [5.41, 5.74) is 3.57. The number of aryl methyl sites for hydroxylation is 1. The summed E-state index contributed by atoms with van der Waals surface area (Å²) < 4.78 is 7.26. The molecular weight excluding hydrogens is 450 g/mol. The summed E-state index contributed by atoms with van der Waals surface area (Å²) in [5, 5.41) is 26.9. The van der Waals surface area contributed by atoms with Crippen LogP contribution in [0.3, 0.4) is 0 Å². The summed E-state index contributed by atoms with van der Waals surface area (Å²) in [4.78, 5) is 30.2. The Morgan fingerprint density at radius 2 is 1.94 bits per heavy atom. The molecule has 4 aromatic rings. The first kappa shape index (κ1) is 22.8. The van der Waals surface area contributed by atoms with Gasteiger partial charge in [-0.2, -0.15) is 0 Å². The average Bonchev–Trinajstić information content (AvgIpc) is 3.43. The van der Waals surface area contributed by atoms with Gasteiger partial charge < -0.3 is 25.6 Å². The molecule has 0 saturated carbocycles. The van der Waals surface area contributed by atoms with Crippen LogP contribution in [0.15, 0.2) is 55.1 Å². The van der Waals surface area contributed by atoms with Gasteiger partial charge in [-0.25, -0.2) is 15.0 Å². The van der Waals surface area contributed by atoms with Crippen LogP contribution >= 0.6 is 0 Å². The maximum absolute atomic E-state index is 12.1. The zero-order valence-electron chi connectivity index (χ0n) is 19.2. The monoisotopic (exact) mass is 475 g/mol. The molecule has 0 bridgehead atoms. The van der Waals surface area contributed by atoms with E-state index in [2.05, 4.69) is 20.6 Å². The topological polar surface area (TPSA) is 147 Å². The minimum Gasteiger partial charge on any atom is -0.387 e. The average molecular weight is 476 g/mol. The summed E-state index contributed by atoms with van der Waals surface area (Å²) >= 11 is 0. The van der Waals surface area contributed by atoms with Crippen molar-refractivity contribution in [3.63, 3.8) is 0 Å². The molecule has 1 amide bonds. The van der Waals surface area contributed by atoms with Crippen LogP contribution in [0, 0.1) is 6.92 Å². The Bertz CT molecular complexity index is 1360. The number of aromatic nitrogens is 5. The molecule has 180 valence electrons. The van der Waals surface area contributed by atoms with E-state index in [1.165, 1.54) is 17.9 Å². The molecule has 4 atom stereocenters. The van der Waals surface area contributed by atoms with Crippen molar-refractivity contribution in [2.75, 3.05) is 12.4 Å². The van der Waals surface area contributed by atoms with Crippen molar-refractivity contribution in [3.05, 3.63) is 66.2 Å². The third-order valence-electron chi connectivity index (χ3n) is 6.02. The van der Waals surface area contributed by atoms with Crippen molar-refractivity contribution in [1.29, 1.82) is 0 Å². The van der Waals surface area contributed by atoms with Crippen molar-refractivity contribution < 1.29 is 19.7 Å². The number of nitrogens with zero attached hydrogens (tertiary/aromatic N) is 5. The first-order valence-electron chi connectivity index (χ1n) is 11.1. The molecule has 0 spiro atoms. The van der Waals surface area contributed by atoms with Crippen LogP contribution in [0.4, 0.5) is 5.82 Å². The molecule has 35 heavy (non-hydrogen) atoms. The lowest BCUT2D eigenvalue weighted by Crippen LogP contribution is -2.41. The number of aliphatic hydroxyl groups excluding tert-OH is 2. The van der Waals surface area contributed by atoms with Crippen molar-refractivity contribution in [1.82, 2.24) is 29.8 Å². The molecule has 1 saturated heterocycles. The van der Waals surface area contributed by atoms with Gasteiger partial charge in [-0.05, 0) is 24.1 Å². The Hall–Kier alpha value is -3.93. The second-order valence-corrected chi connectivity index (χ2v) is 8.29. The number of benzene rings is 1. The number of rotatable bonds is 6. The first-order valence-corrected chi connectivity index (χ1v) is 11.1. The molecule has 1 fully saturated rings. The molecule has 3 aromatic heterocycles. The standard InChI is InChI=1S/C24H25N7O4/c1-13-8-9-26-11-15(13)20-29-21(27-10-14-6-4-3-5-7-14)16-22(30-20)31(12-28-16)24-18(33)17(32)19(35-24)23(34)25-2/h3-9,11-12,17-19,24,32-33H,10H2,1-2H3,(H,25,34)(H,27,29,30)/t17?,18?,19-,24?/m1/s1. The van der Waals surface area contributed by atoms with E-state index in [4.69, 9.17) is 14.7 Å².